The van der Waals surface area contributed by atoms with Crippen molar-refractivity contribution in [3.8, 4) is 0 Å². The number of nitrogens with one attached hydrogen (secondary N) is 1. The molecule has 3 nitrogen and oxygen atoms in total. The number of benzene rings is 2. The second kappa shape index (κ2) is 6.38. The van der Waals surface area contributed by atoms with Gasteiger partial charge >= 0.3 is 5.97 Å². The van der Waals surface area contributed by atoms with Gasteiger partial charge in [0.2, 0.25) is 0 Å². The van der Waals surface area contributed by atoms with Crippen LogP contribution in [0.25, 0.3) is 0 Å². The summed E-state index contributed by atoms with van der Waals surface area (Å²) in [5.74, 6) is -0.810. The third-order valence-corrected chi connectivity index (χ3v) is 3.25. The van der Waals surface area contributed by atoms with Gasteiger partial charge in [0.25, 0.3) is 0 Å². The first-order valence-corrected chi connectivity index (χ1v) is 6.72. The van der Waals surface area contributed by atoms with E-state index in [1.807, 2.05) is 36.4 Å². The number of rotatable bonds is 5. The molecule has 98 valence electrons. The normalized spacial score (nSPS) is 10.2. The molecule has 0 aromatic heterocycles. The van der Waals surface area contributed by atoms with Gasteiger partial charge in [0, 0.05) is 16.7 Å². The van der Waals surface area contributed by atoms with Crippen molar-refractivity contribution >= 4 is 27.6 Å². The lowest BCUT2D eigenvalue weighted by Gasteiger charge is -2.07. The van der Waals surface area contributed by atoms with Gasteiger partial charge in [-0.25, -0.2) is 0 Å². The smallest absolute Gasteiger partial charge is 0.307 e. The minimum absolute atomic E-state index is 0.0625. The minimum Gasteiger partial charge on any atom is -0.481 e. The quantitative estimate of drug-likeness (QED) is 0.883. The summed E-state index contributed by atoms with van der Waals surface area (Å²) in [5, 5.41) is 12.0. The molecule has 0 saturated heterocycles. The van der Waals surface area contributed by atoms with E-state index in [4.69, 9.17) is 5.11 Å². The summed E-state index contributed by atoms with van der Waals surface area (Å²) in [6.07, 6.45) is 0.0625. The highest BCUT2D eigenvalue weighted by Gasteiger charge is 2.00. The highest BCUT2D eigenvalue weighted by atomic mass is 79.9. The van der Waals surface area contributed by atoms with E-state index in [0.717, 1.165) is 22.3 Å². The minimum atomic E-state index is -0.810. The second-order valence-corrected chi connectivity index (χ2v) is 5.16. The van der Waals surface area contributed by atoms with E-state index in [1.165, 1.54) is 5.56 Å². The predicted octanol–water partition coefficient (Wildman–Crippen LogP) is 3.69. The van der Waals surface area contributed by atoms with E-state index < -0.39 is 5.97 Å². The van der Waals surface area contributed by atoms with Gasteiger partial charge < -0.3 is 10.4 Å². The topological polar surface area (TPSA) is 49.3 Å². The van der Waals surface area contributed by atoms with Gasteiger partial charge in [-0.15, -0.1) is 0 Å². The lowest BCUT2D eigenvalue weighted by Crippen LogP contribution is -2.01. The van der Waals surface area contributed by atoms with Crippen molar-refractivity contribution in [1.82, 2.24) is 0 Å². The van der Waals surface area contributed by atoms with Crippen LogP contribution in [0.2, 0.25) is 0 Å². The maximum absolute atomic E-state index is 10.6. The lowest BCUT2D eigenvalue weighted by atomic mass is 10.1. The van der Waals surface area contributed by atoms with Crippen molar-refractivity contribution in [2.75, 3.05) is 5.32 Å². The Kier molecular flexibility index (Phi) is 4.58. The molecule has 0 heterocycles. The number of hydrogen-bond acceptors (Lipinski definition) is 2. The van der Waals surface area contributed by atoms with Crippen LogP contribution in [0.5, 0.6) is 0 Å². The zero-order chi connectivity index (χ0) is 13.7. The molecule has 0 amide bonds. The molecular formula is C15H14BrNO2. The van der Waals surface area contributed by atoms with Crippen LogP contribution in [0.15, 0.2) is 53.0 Å². The molecular weight excluding hydrogens is 306 g/mol. The molecule has 0 spiro atoms. The third-order valence-electron chi connectivity index (χ3n) is 2.72. The molecule has 0 aliphatic rings. The van der Waals surface area contributed by atoms with E-state index in [2.05, 4.69) is 33.4 Å². The molecule has 0 aliphatic carbocycles. The molecule has 2 rings (SSSR count). The Hall–Kier alpha value is -1.81. The number of aliphatic carboxylic acids is 1. The van der Waals surface area contributed by atoms with Gasteiger partial charge in [0.15, 0.2) is 0 Å². The van der Waals surface area contributed by atoms with Crippen LogP contribution in [0, 0.1) is 0 Å². The van der Waals surface area contributed by atoms with Crippen molar-refractivity contribution in [2.24, 2.45) is 0 Å². The SMILES string of the molecule is O=C(O)Cc1ccc(NCc2ccc(Br)cc2)cc1. The average molecular weight is 320 g/mol. The van der Waals surface area contributed by atoms with Crippen molar-refractivity contribution in [1.29, 1.82) is 0 Å². The van der Waals surface area contributed by atoms with Crippen LogP contribution >= 0.6 is 15.9 Å². The molecule has 0 bridgehead atoms. The fourth-order valence-corrected chi connectivity index (χ4v) is 1.99. The lowest BCUT2D eigenvalue weighted by molar-refractivity contribution is -0.136. The van der Waals surface area contributed by atoms with Crippen LogP contribution in [-0.2, 0) is 17.8 Å². The first-order chi connectivity index (χ1) is 9.13. The molecule has 0 fully saturated rings. The Labute approximate surface area is 120 Å². The summed E-state index contributed by atoms with van der Waals surface area (Å²) in [6.45, 7) is 0.742. The molecule has 2 N–H and O–H groups in total. The number of carboxylic acids is 1. The molecule has 0 saturated carbocycles. The Bertz CT molecular complexity index is 549. The Morgan fingerprint density at radius 2 is 1.58 bits per heavy atom. The van der Waals surface area contributed by atoms with Crippen molar-refractivity contribution < 1.29 is 9.90 Å². The van der Waals surface area contributed by atoms with Gasteiger partial charge in [0.05, 0.1) is 6.42 Å². The average Bonchev–Trinajstić information content (AvgIpc) is 2.39. The van der Waals surface area contributed by atoms with Gasteiger partial charge in [0.1, 0.15) is 0 Å². The van der Waals surface area contributed by atoms with E-state index in [0.29, 0.717) is 0 Å². The second-order valence-electron chi connectivity index (χ2n) is 4.25. The monoisotopic (exact) mass is 319 g/mol. The van der Waals surface area contributed by atoms with Crippen LogP contribution < -0.4 is 5.32 Å². The van der Waals surface area contributed by atoms with Gasteiger partial charge in [-0.2, -0.15) is 0 Å². The highest BCUT2D eigenvalue weighted by Crippen LogP contribution is 2.14. The maximum Gasteiger partial charge on any atom is 0.307 e. The fourth-order valence-electron chi connectivity index (χ4n) is 1.72. The number of halogens is 1. The van der Waals surface area contributed by atoms with Crippen molar-refractivity contribution in [2.45, 2.75) is 13.0 Å². The van der Waals surface area contributed by atoms with E-state index in [1.54, 1.807) is 0 Å². The summed E-state index contributed by atoms with van der Waals surface area (Å²) < 4.78 is 1.06. The molecule has 2 aromatic rings. The third kappa shape index (κ3) is 4.41. The summed E-state index contributed by atoms with van der Waals surface area (Å²) in [5.41, 5.74) is 2.98. The molecule has 2 aromatic carbocycles. The zero-order valence-corrected chi connectivity index (χ0v) is 11.9. The summed E-state index contributed by atoms with van der Waals surface area (Å²) >= 11 is 3.40. The van der Waals surface area contributed by atoms with Gasteiger partial charge in [-0.3, -0.25) is 4.79 Å². The predicted molar refractivity (Wildman–Crippen MR) is 79.3 cm³/mol. The number of carbonyl (C=O) groups is 1. The maximum atomic E-state index is 10.6. The number of anilines is 1. The summed E-state index contributed by atoms with van der Waals surface area (Å²) in [6, 6.07) is 15.6. The van der Waals surface area contributed by atoms with Gasteiger partial charge in [-0.1, -0.05) is 40.2 Å². The molecule has 0 unspecified atom stereocenters. The first kappa shape index (κ1) is 13.6. The Morgan fingerprint density at radius 3 is 2.16 bits per heavy atom. The zero-order valence-electron chi connectivity index (χ0n) is 10.3. The van der Waals surface area contributed by atoms with Crippen LogP contribution in [0.3, 0.4) is 0 Å². The van der Waals surface area contributed by atoms with Crippen molar-refractivity contribution in [3.05, 3.63) is 64.1 Å². The summed E-state index contributed by atoms with van der Waals surface area (Å²) in [7, 11) is 0. The van der Waals surface area contributed by atoms with Crippen molar-refractivity contribution in [3.63, 3.8) is 0 Å². The van der Waals surface area contributed by atoms with Crippen LogP contribution in [0.4, 0.5) is 5.69 Å². The Balaban J connectivity index is 1.92. The standard InChI is InChI=1S/C15H14BrNO2/c16-13-5-1-12(2-6-13)10-17-14-7-3-11(4-8-14)9-15(18)19/h1-8,17H,9-10H2,(H,18,19). The molecule has 0 atom stereocenters. The van der Waals surface area contributed by atoms with E-state index in [9.17, 15) is 4.79 Å². The molecule has 19 heavy (non-hydrogen) atoms. The fraction of sp³-hybridized carbons (Fsp3) is 0.133. The van der Waals surface area contributed by atoms with E-state index >= 15 is 0 Å². The molecule has 0 radical (unpaired) electrons. The van der Waals surface area contributed by atoms with Crippen LogP contribution in [-0.4, -0.2) is 11.1 Å². The number of carboxylic acid groups (broad SMARTS) is 1. The molecule has 4 heteroatoms. The first-order valence-electron chi connectivity index (χ1n) is 5.92. The van der Waals surface area contributed by atoms with Crippen LogP contribution in [0.1, 0.15) is 11.1 Å². The summed E-state index contributed by atoms with van der Waals surface area (Å²) in [4.78, 5) is 10.6. The Morgan fingerprint density at radius 1 is 1.00 bits per heavy atom. The van der Waals surface area contributed by atoms with E-state index in [-0.39, 0.29) is 6.42 Å². The van der Waals surface area contributed by atoms with Gasteiger partial charge in [-0.05, 0) is 35.4 Å². The molecule has 0 aliphatic heterocycles. The highest BCUT2D eigenvalue weighted by molar-refractivity contribution is 9.10. The number of hydrogen-bond donors (Lipinski definition) is 2. The largest absolute Gasteiger partial charge is 0.481 e.